The molecule has 1 N–H and O–H groups in total. The third-order valence-corrected chi connectivity index (χ3v) is 6.49. The fourth-order valence-electron chi connectivity index (χ4n) is 3.24. The molecule has 4 nitrogen and oxygen atoms in total. The third kappa shape index (κ3) is 4.43. The first-order chi connectivity index (χ1) is 9.09. The lowest BCUT2D eigenvalue weighted by Gasteiger charge is -2.28. The molecule has 2 rings (SSSR count). The zero-order chi connectivity index (χ0) is 13.7. The van der Waals surface area contributed by atoms with Crippen LogP contribution in [0.25, 0.3) is 0 Å². The van der Waals surface area contributed by atoms with Gasteiger partial charge in [0.15, 0.2) is 0 Å². The van der Waals surface area contributed by atoms with Gasteiger partial charge in [0.05, 0.1) is 5.75 Å². The predicted octanol–water partition coefficient (Wildman–Crippen LogP) is 2.11. The minimum Gasteiger partial charge on any atom is -0.314 e. The van der Waals surface area contributed by atoms with Gasteiger partial charge in [0.1, 0.15) is 0 Å². The number of rotatable bonds is 4. The van der Waals surface area contributed by atoms with Gasteiger partial charge in [0.25, 0.3) is 0 Å². The van der Waals surface area contributed by atoms with E-state index in [-0.39, 0.29) is 6.04 Å². The molecule has 2 atom stereocenters. The van der Waals surface area contributed by atoms with E-state index in [2.05, 4.69) is 12.2 Å². The summed E-state index contributed by atoms with van der Waals surface area (Å²) in [6, 6.07) is 0.595. The van der Waals surface area contributed by atoms with E-state index in [1.165, 1.54) is 19.3 Å². The van der Waals surface area contributed by atoms with Crippen LogP contribution in [0, 0.1) is 0 Å². The Morgan fingerprint density at radius 1 is 1.11 bits per heavy atom. The van der Waals surface area contributed by atoms with Crippen molar-refractivity contribution >= 4 is 10.0 Å². The summed E-state index contributed by atoms with van der Waals surface area (Å²) >= 11 is 0. The molecule has 2 aliphatic rings. The molecule has 112 valence electrons. The maximum Gasteiger partial charge on any atom is 0.214 e. The Morgan fingerprint density at radius 3 is 2.63 bits per heavy atom. The molecule has 2 unspecified atom stereocenters. The fraction of sp³-hybridized carbons (Fsp3) is 1.00. The van der Waals surface area contributed by atoms with Crippen LogP contribution in [0.2, 0.25) is 0 Å². The Balaban J connectivity index is 1.88. The number of sulfonamides is 1. The van der Waals surface area contributed by atoms with Crippen LogP contribution in [0.4, 0.5) is 0 Å². The summed E-state index contributed by atoms with van der Waals surface area (Å²) in [5.41, 5.74) is 0. The Labute approximate surface area is 118 Å². The quantitative estimate of drug-likeness (QED) is 0.862. The van der Waals surface area contributed by atoms with Gasteiger partial charge in [0, 0.05) is 18.6 Å². The lowest BCUT2D eigenvalue weighted by atomic mass is 10.0. The first-order valence-electron chi connectivity index (χ1n) is 7.82. The molecule has 0 bridgehead atoms. The van der Waals surface area contributed by atoms with E-state index >= 15 is 0 Å². The highest BCUT2D eigenvalue weighted by molar-refractivity contribution is 7.89. The summed E-state index contributed by atoms with van der Waals surface area (Å²) in [6.07, 6.45) is 8.73. The first-order valence-corrected chi connectivity index (χ1v) is 9.43. The van der Waals surface area contributed by atoms with Crippen LogP contribution < -0.4 is 5.32 Å². The van der Waals surface area contributed by atoms with Crippen LogP contribution in [0.1, 0.15) is 58.3 Å². The molecule has 0 amide bonds. The van der Waals surface area contributed by atoms with Gasteiger partial charge in [-0.2, -0.15) is 4.31 Å². The van der Waals surface area contributed by atoms with Gasteiger partial charge in [-0.25, -0.2) is 8.42 Å². The summed E-state index contributed by atoms with van der Waals surface area (Å²) in [4.78, 5) is 0. The fourth-order valence-corrected chi connectivity index (χ4v) is 5.12. The monoisotopic (exact) mass is 288 g/mol. The van der Waals surface area contributed by atoms with Gasteiger partial charge >= 0.3 is 0 Å². The van der Waals surface area contributed by atoms with Crippen molar-refractivity contribution in [2.24, 2.45) is 0 Å². The van der Waals surface area contributed by atoms with Gasteiger partial charge < -0.3 is 5.32 Å². The van der Waals surface area contributed by atoms with Gasteiger partial charge in [-0.1, -0.05) is 19.3 Å². The molecule has 5 heteroatoms. The number of piperidine rings is 1. The van der Waals surface area contributed by atoms with Crippen molar-refractivity contribution in [1.82, 2.24) is 9.62 Å². The number of hydrogen-bond acceptors (Lipinski definition) is 3. The van der Waals surface area contributed by atoms with Crippen LogP contribution in [-0.4, -0.2) is 43.6 Å². The van der Waals surface area contributed by atoms with Gasteiger partial charge in [0.2, 0.25) is 10.0 Å². The minimum absolute atomic E-state index is 0.187. The number of hydrogen-bond donors (Lipinski definition) is 1. The molecule has 2 aliphatic heterocycles. The normalized spacial score (nSPS) is 31.0. The average Bonchev–Trinajstić information content (AvgIpc) is 2.63. The molecule has 19 heavy (non-hydrogen) atoms. The van der Waals surface area contributed by atoms with E-state index in [9.17, 15) is 8.42 Å². The van der Waals surface area contributed by atoms with E-state index in [1.54, 1.807) is 4.31 Å². The second kappa shape index (κ2) is 7.04. The zero-order valence-electron chi connectivity index (χ0n) is 12.1. The minimum atomic E-state index is -3.06. The lowest BCUT2D eigenvalue weighted by molar-refractivity contribution is 0.337. The molecule has 0 spiro atoms. The van der Waals surface area contributed by atoms with E-state index < -0.39 is 10.0 Å². The highest BCUT2D eigenvalue weighted by atomic mass is 32.2. The maximum atomic E-state index is 12.5. The van der Waals surface area contributed by atoms with Crippen molar-refractivity contribution < 1.29 is 8.42 Å². The predicted molar refractivity (Wildman–Crippen MR) is 78.7 cm³/mol. The van der Waals surface area contributed by atoms with Crippen LogP contribution >= 0.6 is 0 Å². The van der Waals surface area contributed by atoms with Crippen molar-refractivity contribution in [3.05, 3.63) is 0 Å². The van der Waals surface area contributed by atoms with Crippen molar-refractivity contribution in [2.75, 3.05) is 18.8 Å². The average molecular weight is 288 g/mol. The molecular formula is C14H28N2O2S. The largest absolute Gasteiger partial charge is 0.314 e. The van der Waals surface area contributed by atoms with E-state index in [0.717, 1.165) is 45.2 Å². The molecule has 2 fully saturated rings. The highest BCUT2D eigenvalue weighted by Crippen LogP contribution is 2.21. The summed E-state index contributed by atoms with van der Waals surface area (Å²) in [5.74, 6) is 0.314. The van der Waals surface area contributed by atoms with Crippen molar-refractivity contribution in [2.45, 2.75) is 70.4 Å². The summed E-state index contributed by atoms with van der Waals surface area (Å²) in [6.45, 7) is 3.83. The smallest absolute Gasteiger partial charge is 0.214 e. The summed E-state index contributed by atoms with van der Waals surface area (Å²) in [5, 5.41) is 3.44. The molecule has 2 saturated heterocycles. The first kappa shape index (κ1) is 15.3. The Morgan fingerprint density at radius 2 is 1.89 bits per heavy atom. The molecule has 0 aliphatic carbocycles. The van der Waals surface area contributed by atoms with Gasteiger partial charge in [-0.15, -0.1) is 0 Å². The lowest BCUT2D eigenvalue weighted by Crippen LogP contribution is -2.42. The summed E-state index contributed by atoms with van der Waals surface area (Å²) < 4.78 is 26.7. The standard InChI is InChI=1S/C14H28N2O2S/c1-13-7-3-2-6-11-16(13)19(17,18)12-9-14-8-4-5-10-15-14/h13-15H,2-12H2,1H3. The Bertz CT molecular complexity index is 364. The molecule has 0 saturated carbocycles. The van der Waals surface area contributed by atoms with Gasteiger partial charge in [-0.05, 0) is 45.6 Å². The van der Waals surface area contributed by atoms with Crippen molar-refractivity contribution in [1.29, 1.82) is 0 Å². The van der Waals surface area contributed by atoms with E-state index in [1.807, 2.05) is 0 Å². The van der Waals surface area contributed by atoms with Crippen LogP contribution in [0.15, 0.2) is 0 Å². The maximum absolute atomic E-state index is 12.5. The van der Waals surface area contributed by atoms with E-state index in [4.69, 9.17) is 0 Å². The molecule has 2 heterocycles. The molecular weight excluding hydrogens is 260 g/mol. The Kier molecular flexibility index (Phi) is 5.66. The Hall–Kier alpha value is -0.130. The second-order valence-electron chi connectivity index (χ2n) is 6.06. The van der Waals surface area contributed by atoms with Crippen LogP contribution in [0.5, 0.6) is 0 Å². The highest BCUT2D eigenvalue weighted by Gasteiger charge is 2.29. The van der Waals surface area contributed by atoms with Crippen LogP contribution in [-0.2, 0) is 10.0 Å². The van der Waals surface area contributed by atoms with Crippen LogP contribution in [0.3, 0.4) is 0 Å². The molecule has 0 radical (unpaired) electrons. The molecule has 0 aromatic rings. The van der Waals surface area contributed by atoms with Crippen molar-refractivity contribution in [3.8, 4) is 0 Å². The van der Waals surface area contributed by atoms with E-state index in [0.29, 0.717) is 11.8 Å². The summed E-state index contributed by atoms with van der Waals surface area (Å²) in [7, 11) is -3.06. The number of nitrogens with one attached hydrogen (secondary N) is 1. The SMILES string of the molecule is CC1CCCCCN1S(=O)(=O)CCC1CCCCN1. The van der Waals surface area contributed by atoms with Gasteiger partial charge in [-0.3, -0.25) is 0 Å². The second-order valence-corrected chi connectivity index (χ2v) is 8.10. The molecule has 0 aromatic heterocycles. The third-order valence-electron chi connectivity index (χ3n) is 4.49. The topological polar surface area (TPSA) is 49.4 Å². The molecule has 0 aromatic carbocycles. The zero-order valence-corrected chi connectivity index (χ0v) is 12.9. The van der Waals surface area contributed by atoms with Crippen molar-refractivity contribution in [3.63, 3.8) is 0 Å². The number of nitrogens with zero attached hydrogens (tertiary/aromatic N) is 1.